The van der Waals surface area contributed by atoms with E-state index in [2.05, 4.69) is 11.4 Å². The van der Waals surface area contributed by atoms with Gasteiger partial charge >= 0.3 is 0 Å². The van der Waals surface area contributed by atoms with Gasteiger partial charge in [0, 0.05) is 45.2 Å². The number of nitrogens with two attached hydrogens (primary N) is 1. The number of ether oxygens (including phenoxy) is 1. The van der Waals surface area contributed by atoms with E-state index in [9.17, 15) is 4.79 Å². The van der Waals surface area contributed by atoms with E-state index in [0.29, 0.717) is 32.6 Å². The summed E-state index contributed by atoms with van der Waals surface area (Å²) in [7, 11) is 4.00. The van der Waals surface area contributed by atoms with Crippen LogP contribution in [0.3, 0.4) is 0 Å². The monoisotopic (exact) mass is 291 g/mol. The van der Waals surface area contributed by atoms with Crippen molar-refractivity contribution in [3.8, 4) is 0 Å². The summed E-state index contributed by atoms with van der Waals surface area (Å²) >= 11 is 0. The Hall–Kier alpha value is -1.59. The Kier molecular flexibility index (Phi) is 4.85. The molecular weight excluding hydrogens is 266 g/mol. The van der Waals surface area contributed by atoms with Gasteiger partial charge in [0.15, 0.2) is 0 Å². The largest absolute Gasteiger partial charge is 0.381 e. The number of carbonyl (C=O) groups excluding carboxylic acids is 1. The fourth-order valence-corrected chi connectivity index (χ4v) is 2.61. The number of amides is 1. The van der Waals surface area contributed by atoms with Gasteiger partial charge in [0.25, 0.3) is 0 Å². The molecule has 1 amide bonds. The van der Waals surface area contributed by atoms with Crippen LogP contribution in [0, 0.1) is 12.3 Å². The molecule has 1 aromatic carbocycles. The zero-order valence-corrected chi connectivity index (χ0v) is 13.1. The van der Waals surface area contributed by atoms with E-state index in [4.69, 9.17) is 10.5 Å². The maximum absolute atomic E-state index is 12.6. The number of aryl methyl sites for hydroxylation is 1. The maximum Gasteiger partial charge on any atom is 0.232 e. The molecule has 0 aliphatic carbocycles. The summed E-state index contributed by atoms with van der Waals surface area (Å²) in [5.74, 6) is 0.00834. The van der Waals surface area contributed by atoms with E-state index in [-0.39, 0.29) is 5.91 Å². The van der Waals surface area contributed by atoms with Crippen molar-refractivity contribution in [1.29, 1.82) is 0 Å². The van der Waals surface area contributed by atoms with Gasteiger partial charge in [0.2, 0.25) is 5.91 Å². The van der Waals surface area contributed by atoms with Crippen molar-refractivity contribution in [2.45, 2.75) is 19.8 Å². The molecule has 1 fully saturated rings. The van der Waals surface area contributed by atoms with Gasteiger partial charge in [-0.2, -0.15) is 0 Å². The van der Waals surface area contributed by atoms with Gasteiger partial charge in [0.05, 0.1) is 5.41 Å². The Bertz CT molecular complexity index is 508. The molecule has 5 heteroatoms. The molecule has 1 aliphatic heterocycles. The van der Waals surface area contributed by atoms with Gasteiger partial charge < -0.3 is 20.7 Å². The van der Waals surface area contributed by atoms with Crippen molar-refractivity contribution < 1.29 is 9.53 Å². The summed E-state index contributed by atoms with van der Waals surface area (Å²) in [6.45, 7) is 3.56. The zero-order valence-electron chi connectivity index (χ0n) is 13.1. The summed E-state index contributed by atoms with van der Waals surface area (Å²) in [5.41, 5.74) is 8.39. The molecule has 1 aliphatic rings. The number of nitrogens with one attached hydrogen (secondary N) is 1. The van der Waals surface area contributed by atoms with Crippen LogP contribution in [0.2, 0.25) is 0 Å². The number of hydrogen-bond donors (Lipinski definition) is 2. The topological polar surface area (TPSA) is 67.6 Å². The lowest BCUT2D eigenvalue weighted by atomic mass is 9.79. The molecular formula is C16H25N3O2. The first-order chi connectivity index (χ1) is 9.98. The van der Waals surface area contributed by atoms with Crippen LogP contribution in [0.15, 0.2) is 18.2 Å². The average molecular weight is 291 g/mol. The van der Waals surface area contributed by atoms with E-state index >= 15 is 0 Å². The third-order valence-electron chi connectivity index (χ3n) is 4.30. The Morgan fingerprint density at radius 2 is 2.05 bits per heavy atom. The van der Waals surface area contributed by atoms with Crippen molar-refractivity contribution in [1.82, 2.24) is 0 Å². The first kappa shape index (κ1) is 15.8. The molecule has 0 radical (unpaired) electrons. The second kappa shape index (κ2) is 6.45. The van der Waals surface area contributed by atoms with Crippen molar-refractivity contribution in [3.05, 3.63) is 23.8 Å². The van der Waals surface area contributed by atoms with Crippen LogP contribution in [0.5, 0.6) is 0 Å². The molecule has 1 heterocycles. The van der Waals surface area contributed by atoms with E-state index in [1.165, 1.54) is 0 Å². The second-order valence-electron chi connectivity index (χ2n) is 5.94. The maximum atomic E-state index is 12.6. The Balaban J connectivity index is 2.15. The van der Waals surface area contributed by atoms with Crippen LogP contribution in [0.1, 0.15) is 18.4 Å². The molecule has 2 rings (SSSR count). The van der Waals surface area contributed by atoms with Crippen LogP contribution in [-0.2, 0) is 9.53 Å². The first-order valence-corrected chi connectivity index (χ1v) is 7.36. The Morgan fingerprint density at radius 1 is 1.38 bits per heavy atom. The molecule has 5 nitrogen and oxygen atoms in total. The Labute approximate surface area is 126 Å². The van der Waals surface area contributed by atoms with Gasteiger partial charge in [-0.05, 0) is 43.5 Å². The quantitative estimate of drug-likeness (QED) is 0.887. The minimum absolute atomic E-state index is 0.00834. The summed E-state index contributed by atoms with van der Waals surface area (Å²) in [6.07, 6.45) is 1.37. The highest BCUT2D eigenvalue weighted by Crippen LogP contribution is 2.31. The predicted octanol–water partition coefficient (Wildman–Crippen LogP) is 1.76. The zero-order chi connectivity index (χ0) is 15.5. The minimum Gasteiger partial charge on any atom is -0.381 e. The summed E-state index contributed by atoms with van der Waals surface area (Å²) < 4.78 is 5.35. The van der Waals surface area contributed by atoms with Crippen LogP contribution in [-0.4, -0.2) is 39.8 Å². The molecule has 1 aromatic rings. The predicted molar refractivity (Wildman–Crippen MR) is 85.7 cm³/mol. The smallest absolute Gasteiger partial charge is 0.232 e. The molecule has 116 valence electrons. The van der Waals surface area contributed by atoms with Crippen molar-refractivity contribution in [3.63, 3.8) is 0 Å². The standard InChI is InChI=1S/C16H25N3O2/c1-12-10-13(19(2)3)4-5-14(12)18-15(20)16(11-17)6-8-21-9-7-16/h4-5,10H,6-9,11,17H2,1-3H3,(H,18,20). The lowest BCUT2D eigenvalue weighted by Crippen LogP contribution is -2.46. The first-order valence-electron chi connectivity index (χ1n) is 7.36. The fourth-order valence-electron chi connectivity index (χ4n) is 2.61. The SMILES string of the molecule is Cc1cc(N(C)C)ccc1NC(=O)C1(CN)CCOCC1. The number of rotatable bonds is 4. The van der Waals surface area contributed by atoms with Gasteiger partial charge in [-0.15, -0.1) is 0 Å². The molecule has 0 bridgehead atoms. The highest BCUT2D eigenvalue weighted by molar-refractivity contribution is 5.96. The molecule has 0 aromatic heterocycles. The average Bonchev–Trinajstić information content (AvgIpc) is 2.49. The molecule has 3 N–H and O–H groups in total. The summed E-state index contributed by atoms with van der Waals surface area (Å²) in [5, 5.41) is 3.04. The lowest BCUT2D eigenvalue weighted by Gasteiger charge is -2.34. The van der Waals surface area contributed by atoms with Gasteiger partial charge in [0.1, 0.15) is 0 Å². The third-order valence-corrected chi connectivity index (χ3v) is 4.30. The number of nitrogens with zero attached hydrogens (tertiary/aromatic N) is 1. The van der Waals surface area contributed by atoms with Crippen molar-refractivity contribution in [2.75, 3.05) is 44.1 Å². The van der Waals surface area contributed by atoms with Crippen molar-refractivity contribution >= 4 is 17.3 Å². The highest BCUT2D eigenvalue weighted by atomic mass is 16.5. The van der Waals surface area contributed by atoms with Crippen molar-refractivity contribution in [2.24, 2.45) is 11.1 Å². The number of anilines is 2. The van der Waals surface area contributed by atoms with E-state index < -0.39 is 5.41 Å². The molecule has 0 atom stereocenters. The van der Waals surface area contributed by atoms with Crippen LogP contribution in [0.4, 0.5) is 11.4 Å². The molecule has 1 saturated heterocycles. The normalized spacial score (nSPS) is 17.3. The second-order valence-corrected chi connectivity index (χ2v) is 5.94. The van der Waals surface area contributed by atoms with Gasteiger partial charge in [-0.25, -0.2) is 0 Å². The van der Waals surface area contributed by atoms with E-state index in [0.717, 1.165) is 16.9 Å². The van der Waals surface area contributed by atoms with E-state index in [1.807, 2.05) is 38.1 Å². The van der Waals surface area contributed by atoms with E-state index in [1.54, 1.807) is 0 Å². The summed E-state index contributed by atoms with van der Waals surface area (Å²) in [6, 6.07) is 6.02. The minimum atomic E-state index is -0.495. The lowest BCUT2D eigenvalue weighted by molar-refractivity contribution is -0.130. The van der Waals surface area contributed by atoms with Crippen LogP contribution in [0.25, 0.3) is 0 Å². The Morgan fingerprint density at radius 3 is 2.57 bits per heavy atom. The van der Waals surface area contributed by atoms with Crippen LogP contribution >= 0.6 is 0 Å². The van der Waals surface area contributed by atoms with Crippen LogP contribution < -0.4 is 16.0 Å². The fraction of sp³-hybridized carbons (Fsp3) is 0.562. The molecule has 21 heavy (non-hydrogen) atoms. The highest BCUT2D eigenvalue weighted by Gasteiger charge is 2.38. The van der Waals surface area contributed by atoms with Gasteiger partial charge in [-0.3, -0.25) is 4.79 Å². The number of hydrogen-bond acceptors (Lipinski definition) is 4. The number of benzene rings is 1. The third kappa shape index (κ3) is 3.36. The van der Waals surface area contributed by atoms with Gasteiger partial charge in [-0.1, -0.05) is 0 Å². The molecule has 0 saturated carbocycles. The molecule has 0 unspecified atom stereocenters. The summed E-state index contributed by atoms with van der Waals surface area (Å²) in [4.78, 5) is 14.7. The molecule has 0 spiro atoms. The number of carbonyl (C=O) groups is 1.